The number of alkyl carbamates (subject to hydrolysis) is 1. The van der Waals surface area contributed by atoms with Gasteiger partial charge < -0.3 is 20.5 Å². The molecular formula is C19H28N2O6S. The lowest BCUT2D eigenvalue weighted by Gasteiger charge is -2.36. The number of carbonyl (C=O) groups excluding carboxylic acids is 1. The zero-order chi connectivity index (χ0) is 20.9. The van der Waals surface area contributed by atoms with Gasteiger partial charge in [0.1, 0.15) is 5.60 Å². The van der Waals surface area contributed by atoms with Gasteiger partial charge in [-0.15, -0.1) is 0 Å². The molecule has 2 amide bonds. The standard InChI is InChI=1S/C19H28N2O6S/c1-19(2,3)27-18(24)20-14-9-10-16(21-17(22)23)13(11-14)12-28(25,26)15-7-5-4-6-8-15/h4-8,13-14,16,21H,9-12H2,1-3H3,(H,20,24)(H,22,23)/t13-,14+,16-/m0/s1. The first-order valence-corrected chi connectivity index (χ1v) is 10.9. The summed E-state index contributed by atoms with van der Waals surface area (Å²) in [6, 6.07) is 7.30. The first-order chi connectivity index (χ1) is 13.0. The summed E-state index contributed by atoms with van der Waals surface area (Å²) in [5, 5.41) is 14.3. The molecular weight excluding hydrogens is 384 g/mol. The van der Waals surface area contributed by atoms with Gasteiger partial charge in [-0.1, -0.05) is 18.2 Å². The van der Waals surface area contributed by atoms with Crippen molar-refractivity contribution in [1.29, 1.82) is 0 Å². The van der Waals surface area contributed by atoms with Crippen LogP contribution in [0, 0.1) is 5.92 Å². The highest BCUT2D eigenvalue weighted by Crippen LogP contribution is 2.28. The average molecular weight is 413 g/mol. The van der Waals surface area contributed by atoms with E-state index in [0.717, 1.165) is 0 Å². The molecule has 2 rings (SSSR count). The minimum Gasteiger partial charge on any atom is -0.465 e. The molecule has 3 atom stereocenters. The summed E-state index contributed by atoms with van der Waals surface area (Å²) < 4.78 is 30.8. The predicted molar refractivity (Wildman–Crippen MR) is 104 cm³/mol. The molecule has 156 valence electrons. The molecule has 0 spiro atoms. The largest absolute Gasteiger partial charge is 0.465 e. The minimum atomic E-state index is -3.59. The third-order valence-corrected chi connectivity index (χ3v) is 6.41. The van der Waals surface area contributed by atoms with E-state index >= 15 is 0 Å². The average Bonchev–Trinajstić information content (AvgIpc) is 2.55. The first kappa shape index (κ1) is 22.0. The summed E-state index contributed by atoms with van der Waals surface area (Å²) >= 11 is 0. The van der Waals surface area contributed by atoms with Crippen molar-refractivity contribution >= 4 is 22.0 Å². The van der Waals surface area contributed by atoms with Crippen molar-refractivity contribution in [2.75, 3.05) is 5.75 Å². The number of rotatable bonds is 5. The lowest BCUT2D eigenvalue weighted by molar-refractivity contribution is 0.0479. The third-order valence-electron chi connectivity index (χ3n) is 4.55. The summed E-state index contributed by atoms with van der Waals surface area (Å²) in [7, 11) is -3.59. The fourth-order valence-electron chi connectivity index (χ4n) is 3.41. The van der Waals surface area contributed by atoms with Crippen LogP contribution in [0.2, 0.25) is 0 Å². The van der Waals surface area contributed by atoms with Crippen LogP contribution in [0.25, 0.3) is 0 Å². The van der Waals surface area contributed by atoms with Crippen molar-refractivity contribution in [3.05, 3.63) is 30.3 Å². The van der Waals surface area contributed by atoms with E-state index in [9.17, 15) is 18.0 Å². The van der Waals surface area contributed by atoms with Gasteiger partial charge >= 0.3 is 12.2 Å². The highest BCUT2D eigenvalue weighted by Gasteiger charge is 2.36. The number of nitrogens with one attached hydrogen (secondary N) is 2. The molecule has 3 N–H and O–H groups in total. The quantitative estimate of drug-likeness (QED) is 0.684. The molecule has 28 heavy (non-hydrogen) atoms. The first-order valence-electron chi connectivity index (χ1n) is 9.23. The smallest absolute Gasteiger partial charge is 0.407 e. The molecule has 1 aliphatic carbocycles. The van der Waals surface area contributed by atoms with Gasteiger partial charge in [-0.05, 0) is 58.1 Å². The van der Waals surface area contributed by atoms with Gasteiger partial charge in [0.2, 0.25) is 0 Å². The maximum Gasteiger partial charge on any atom is 0.407 e. The maximum absolute atomic E-state index is 12.8. The molecule has 1 aromatic rings. The molecule has 0 saturated heterocycles. The summed E-state index contributed by atoms with van der Waals surface area (Å²) in [5.41, 5.74) is -0.637. The van der Waals surface area contributed by atoms with Crippen LogP contribution in [0.1, 0.15) is 40.0 Å². The second kappa shape index (κ2) is 8.81. The third kappa shape index (κ3) is 6.70. The molecule has 1 aromatic carbocycles. The van der Waals surface area contributed by atoms with Gasteiger partial charge in [0.05, 0.1) is 10.6 Å². The molecule has 0 aliphatic heterocycles. The Kier molecular flexibility index (Phi) is 6.92. The molecule has 0 radical (unpaired) electrons. The number of amides is 2. The van der Waals surface area contributed by atoms with Gasteiger partial charge in [-0.25, -0.2) is 18.0 Å². The Morgan fingerprint density at radius 3 is 2.36 bits per heavy atom. The minimum absolute atomic E-state index is 0.200. The predicted octanol–water partition coefficient (Wildman–Crippen LogP) is 2.79. The lowest BCUT2D eigenvalue weighted by Crippen LogP contribution is -2.50. The highest BCUT2D eigenvalue weighted by molar-refractivity contribution is 7.91. The van der Waals surface area contributed by atoms with E-state index in [4.69, 9.17) is 9.84 Å². The number of carbonyl (C=O) groups is 2. The number of carboxylic acid groups (broad SMARTS) is 1. The Labute approximate surface area is 165 Å². The maximum atomic E-state index is 12.8. The summed E-state index contributed by atoms with van der Waals surface area (Å²) in [6.45, 7) is 5.28. The Morgan fingerprint density at radius 2 is 1.79 bits per heavy atom. The summed E-state index contributed by atoms with van der Waals surface area (Å²) in [6.07, 6.45) is -0.443. The zero-order valence-corrected chi connectivity index (χ0v) is 17.2. The number of hydrogen-bond donors (Lipinski definition) is 3. The van der Waals surface area contributed by atoms with Crippen LogP contribution in [-0.4, -0.2) is 49.1 Å². The van der Waals surface area contributed by atoms with Crippen molar-refractivity contribution in [1.82, 2.24) is 10.6 Å². The number of ether oxygens (including phenoxy) is 1. The SMILES string of the molecule is CC(C)(C)OC(=O)N[C@@H]1CC[C@H](NC(=O)O)[C@H](CS(=O)(=O)c2ccccc2)C1. The van der Waals surface area contributed by atoms with E-state index in [1.54, 1.807) is 39.0 Å². The fourth-order valence-corrected chi connectivity index (χ4v) is 5.10. The zero-order valence-electron chi connectivity index (χ0n) is 16.3. The van der Waals surface area contributed by atoms with E-state index in [-0.39, 0.29) is 16.7 Å². The number of hydrogen-bond acceptors (Lipinski definition) is 5. The normalized spacial score (nSPS) is 22.9. The Balaban J connectivity index is 2.11. The highest BCUT2D eigenvalue weighted by atomic mass is 32.2. The molecule has 8 nitrogen and oxygen atoms in total. The second-order valence-corrected chi connectivity index (χ2v) is 10.1. The summed E-state index contributed by atoms with van der Waals surface area (Å²) in [5.74, 6) is -0.663. The molecule has 9 heteroatoms. The van der Waals surface area contributed by atoms with Crippen molar-refractivity contribution in [2.45, 2.75) is 62.6 Å². The van der Waals surface area contributed by atoms with Gasteiger partial charge in [-0.3, -0.25) is 0 Å². The fraction of sp³-hybridized carbons (Fsp3) is 0.579. The second-order valence-electron chi connectivity index (χ2n) is 8.07. The molecule has 1 saturated carbocycles. The molecule has 0 bridgehead atoms. The van der Waals surface area contributed by atoms with Crippen LogP contribution in [-0.2, 0) is 14.6 Å². The number of benzene rings is 1. The van der Waals surface area contributed by atoms with E-state index in [1.165, 1.54) is 12.1 Å². The van der Waals surface area contributed by atoms with Crippen molar-refractivity contribution in [3.8, 4) is 0 Å². The molecule has 0 aromatic heterocycles. The van der Waals surface area contributed by atoms with Crippen LogP contribution in [0.15, 0.2) is 35.2 Å². The van der Waals surface area contributed by atoms with Gasteiger partial charge in [-0.2, -0.15) is 0 Å². The van der Waals surface area contributed by atoms with Crippen LogP contribution < -0.4 is 10.6 Å². The number of sulfone groups is 1. The monoisotopic (exact) mass is 412 g/mol. The van der Waals surface area contributed by atoms with E-state index in [2.05, 4.69) is 10.6 Å². The van der Waals surface area contributed by atoms with E-state index in [1.807, 2.05) is 0 Å². The van der Waals surface area contributed by atoms with Crippen molar-refractivity contribution in [2.24, 2.45) is 5.92 Å². The van der Waals surface area contributed by atoms with Crippen LogP contribution in [0.5, 0.6) is 0 Å². The lowest BCUT2D eigenvalue weighted by atomic mass is 9.82. The van der Waals surface area contributed by atoms with Gasteiger partial charge in [0.15, 0.2) is 9.84 Å². The molecule has 1 aliphatic rings. The van der Waals surface area contributed by atoms with E-state index < -0.39 is 39.6 Å². The topological polar surface area (TPSA) is 122 Å². The Hall–Kier alpha value is -2.29. The Morgan fingerprint density at radius 1 is 1.14 bits per heavy atom. The Bertz CT molecular complexity index is 788. The summed E-state index contributed by atoms with van der Waals surface area (Å²) in [4.78, 5) is 23.4. The van der Waals surface area contributed by atoms with Crippen LogP contribution >= 0.6 is 0 Å². The van der Waals surface area contributed by atoms with Gasteiger partial charge in [0, 0.05) is 12.1 Å². The van der Waals surface area contributed by atoms with Crippen molar-refractivity contribution < 1.29 is 27.9 Å². The molecule has 0 heterocycles. The van der Waals surface area contributed by atoms with Gasteiger partial charge in [0.25, 0.3) is 0 Å². The van der Waals surface area contributed by atoms with E-state index in [0.29, 0.717) is 19.3 Å². The van der Waals surface area contributed by atoms with Crippen LogP contribution in [0.4, 0.5) is 9.59 Å². The van der Waals surface area contributed by atoms with Crippen LogP contribution in [0.3, 0.4) is 0 Å². The molecule has 1 fully saturated rings. The molecule has 0 unspecified atom stereocenters. The van der Waals surface area contributed by atoms with Crippen molar-refractivity contribution in [3.63, 3.8) is 0 Å².